The molecule has 6 heteroatoms. The summed E-state index contributed by atoms with van der Waals surface area (Å²) in [6, 6.07) is 0. The summed E-state index contributed by atoms with van der Waals surface area (Å²) in [6.45, 7) is -0.418. The molecule has 1 aliphatic rings. The quantitative estimate of drug-likeness (QED) is 0.339. The lowest BCUT2D eigenvalue weighted by molar-refractivity contribution is -0.231. The van der Waals surface area contributed by atoms with Crippen LogP contribution in [0.15, 0.2) is 0 Å². The second kappa shape index (κ2) is 4.16. The van der Waals surface area contributed by atoms with Gasteiger partial charge in [-0.1, -0.05) is 22.6 Å². The molecular formula is C6H11IO5. The van der Waals surface area contributed by atoms with E-state index in [-0.39, 0.29) is 0 Å². The summed E-state index contributed by atoms with van der Waals surface area (Å²) >= 11 is 1.78. The number of hydrogen-bond donors (Lipinski definition) is 4. The Morgan fingerprint density at radius 2 is 1.75 bits per heavy atom. The van der Waals surface area contributed by atoms with Crippen molar-refractivity contribution in [1.29, 1.82) is 0 Å². The minimum Gasteiger partial charge on any atom is -0.394 e. The molecule has 0 amide bonds. The topological polar surface area (TPSA) is 90.2 Å². The van der Waals surface area contributed by atoms with Gasteiger partial charge in [0.1, 0.15) is 12.2 Å². The maximum absolute atomic E-state index is 9.31. The van der Waals surface area contributed by atoms with Crippen LogP contribution in [0.25, 0.3) is 0 Å². The third-order valence-electron chi connectivity index (χ3n) is 1.82. The lowest BCUT2D eigenvalue weighted by Gasteiger charge is -2.37. The minimum absolute atomic E-state index is 0.418. The van der Waals surface area contributed by atoms with E-state index < -0.39 is 35.1 Å². The Morgan fingerprint density at radius 1 is 1.17 bits per heavy atom. The zero-order valence-corrected chi connectivity index (χ0v) is 8.33. The number of ether oxygens (including phenoxy) is 1. The number of halogens is 1. The molecule has 0 saturated carbocycles. The van der Waals surface area contributed by atoms with Gasteiger partial charge in [0.15, 0.2) is 6.29 Å². The molecule has 1 saturated heterocycles. The third-order valence-corrected chi connectivity index (χ3v) is 3.18. The zero-order valence-electron chi connectivity index (χ0n) is 6.17. The molecule has 5 nitrogen and oxygen atoms in total. The molecule has 72 valence electrons. The van der Waals surface area contributed by atoms with Gasteiger partial charge in [-0.3, -0.25) is 0 Å². The van der Waals surface area contributed by atoms with E-state index in [0.717, 1.165) is 0 Å². The SMILES string of the molecule is OC[C@H]1O[C@H](O)[C@@H](I)[C@@H](O)[C@H]1O. The van der Waals surface area contributed by atoms with Crippen molar-refractivity contribution in [1.82, 2.24) is 0 Å². The molecule has 1 aliphatic heterocycles. The largest absolute Gasteiger partial charge is 0.394 e. The highest BCUT2D eigenvalue weighted by atomic mass is 127. The molecule has 0 aromatic rings. The highest BCUT2D eigenvalue weighted by Gasteiger charge is 2.41. The molecule has 12 heavy (non-hydrogen) atoms. The van der Waals surface area contributed by atoms with Crippen molar-refractivity contribution in [3.8, 4) is 0 Å². The van der Waals surface area contributed by atoms with E-state index in [1.54, 1.807) is 22.6 Å². The highest BCUT2D eigenvalue weighted by Crippen LogP contribution is 2.24. The third kappa shape index (κ3) is 1.88. The number of alkyl halides is 1. The summed E-state index contributed by atoms with van der Waals surface area (Å²) in [5.74, 6) is 0. The van der Waals surface area contributed by atoms with Crippen LogP contribution in [0.5, 0.6) is 0 Å². The van der Waals surface area contributed by atoms with Crippen molar-refractivity contribution in [2.75, 3.05) is 6.61 Å². The average Bonchev–Trinajstić information content (AvgIpc) is 2.08. The van der Waals surface area contributed by atoms with Gasteiger partial charge in [0.2, 0.25) is 0 Å². The first-order chi connectivity index (χ1) is 5.57. The summed E-state index contributed by atoms with van der Waals surface area (Å²) < 4.78 is 4.25. The maximum atomic E-state index is 9.31. The van der Waals surface area contributed by atoms with Gasteiger partial charge < -0.3 is 25.2 Å². The van der Waals surface area contributed by atoms with E-state index in [4.69, 9.17) is 14.9 Å². The summed E-state index contributed by atoms with van der Waals surface area (Å²) in [5, 5.41) is 36.4. The summed E-state index contributed by atoms with van der Waals surface area (Å²) in [4.78, 5) is 0. The van der Waals surface area contributed by atoms with Crippen LogP contribution in [-0.4, -0.2) is 55.6 Å². The molecule has 0 aromatic heterocycles. The van der Waals surface area contributed by atoms with Crippen LogP contribution in [0.4, 0.5) is 0 Å². The molecular weight excluding hydrogens is 279 g/mol. The van der Waals surface area contributed by atoms with Crippen LogP contribution in [0, 0.1) is 0 Å². The fourth-order valence-corrected chi connectivity index (χ4v) is 1.66. The lowest BCUT2D eigenvalue weighted by Crippen LogP contribution is -2.56. The van der Waals surface area contributed by atoms with Gasteiger partial charge in [-0.15, -0.1) is 0 Å². The van der Waals surface area contributed by atoms with Crippen molar-refractivity contribution in [2.45, 2.75) is 28.5 Å². The Kier molecular flexibility index (Phi) is 3.68. The van der Waals surface area contributed by atoms with Crippen molar-refractivity contribution in [3.05, 3.63) is 0 Å². The number of aliphatic hydroxyl groups is 4. The fraction of sp³-hybridized carbons (Fsp3) is 1.00. The molecule has 5 atom stereocenters. The maximum Gasteiger partial charge on any atom is 0.169 e. The number of hydrogen-bond acceptors (Lipinski definition) is 5. The van der Waals surface area contributed by atoms with Gasteiger partial charge in [0.05, 0.1) is 16.6 Å². The second-order valence-electron chi connectivity index (χ2n) is 2.67. The summed E-state index contributed by atoms with van der Waals surface area (Å²) in [5.41, 5.74) is 0. The van der Waals surface area contributed by atoms with Gasteiger partial charge >= 0.3 is 0 Å². The van der Waals surface area contributed by atoms with Gasteiger partial charge in [0.25, 0.3) is 0 Å². The Hall–Kier alpha value is 0.530. The average molecular weight is 290 g/mol. The normalized spacial score (nSPS) is 49.2. The minimum atomic E-state index is -1.14. The standard InChI is InChI=1S/C6H11IO5/c7-3-5(10)4(9)2(1-8)12-6(3)11/h2-6,8-11H,1H2/t2-,3+,4+,5-,6+/m1/s1. The molecule has 0 radical (unpaired) electrons. The fourth-order valence-electron chi connectivity index (χ4n) is 1.06. The van der Waals surface area contributed by atoms with E-state index in [9.17, 15) is 10.2 Å². The van der Waals surface area contributed by atoms with Crippen LogP contribution in [0.2, 0.25) is 0 Å². The van der Waals surface area contributed by atoms with Crippen molar-refractivity contribution in [3.63, 3.8) is 0 Å². The number of aliphatic hydroxyl groups excluding tert-OH is 4. The van der Waals surface area contributed by atoms with Crippen molar-refractivity contribution >= 4 is 22.6 Å². The highest BCUT2D eigenvalue weighted by molar-refractivity contribution is 14.1. The Balaban J connectivity index is 2.63. The molecule has 1 fully saturated rings. The molecule has 0 unspecified atom stereocenters. The van der Waals surface area contributed by atoms with Crippen LogP contribution in [-0.2, 0) is 4.74 Å². The lowest BCUT2D eigenvalue weighted by atomic mass is 10.0. The Morgan fingerprint density at radius 3 is 2.25 bits per heavy atom. The van der Waals surface area contributed by atoms with Gasteiger partial charge in [0, 0.05) is 0 Å². The predicted octanol–water partition coefficient (Wildman–Crippen LogP) is -1.78. The monoisotopic (exact) mass is 290 g/mol. The van der Waals surface area contributed by atoms with Gasteiger partial charge in [-0.2, -0.15) is 0 Å². The summed E-state index contributed by atoms with van der Waals surface area (Å²) in [6.07, 6.45) is -4.24. The zero-order chi connectivity index (χ0) is 9.30. The van der Waals surface area contributed by atoms with E-state index in [0.29, 0.717) is 0 Å². The molecule has 1 rings (SSSR count). The molecule has 0 aliphatic carbocycles. The van der Waals surface area contributed by atoms with Crippen LogP contribution >= 0.6 is 22.6 Å². The van der Waals surface area contributed by atoms with Crippen LogP contribution in [0.3, 0.4) is 0 Å². The van der Waals surface area contributed by atoms with E-state index in [1.807, 2.05) is 0 Å². The van der Waals surface area contributed by atoms with E-state index in [2.05, 4.69) is 0 Å². The second-order valence-corrected chi connectivity index (χ2v) is 4.11. The van der Waals surface area contributed by atoms with Crippen LogP contribution in [0.1, 0.15) is 0 Å². The first-order valence-electron chi connectivity index (χ1n) is 3.52. The smallest absolute Gasteiger partial charge is 0.169 e. The van der Waals surface area contributed by atoms with Crippen molar-refractivity contribution < 1.29 is 25.2 Å². The van der Waals surface area contributed by atoms with Gasteiger partial charge in [-0.05, 0) is 0 Å². The van der Waals surface area contributed by atoms with E-state index >= 15 is 0 Å². The molecule has 1 heterocycles. The van der Waals surface area contributed by atoms with E-state index in [1.165, 1.54) is 0 Å². The molecule has 0 bridgehead atoms. The molecule has 4 N–H and O–H groups in total. The van der Waals surface area contributed by atoms with Crippen molar-refractivity contribution in [2.24, 2.45) is 0 Å². The first-order valence-corrected chi connectivity index (χ1v) is 4.77. The van der Waals surface area contributed by atoms with Crippen LogP contribution < -0.4 is 0 Å². The summed E-state index contributed by atoms with van der Waals surface area (Å²) in [7, 11) is 0. The number of rotatable bonds is 1. The van der Waals surface area contributed by atoms with Gasteiger partial charge in [-0.25, -0.2) is 0 Å². The molecule has 0 spiro atoms. The Bertz CT molecular complexity index is 150. The molecule has 0 aromatic carbocycles. The predicted molar refractivity (Wildman–Crippen MR) is 47.8 cm³/mol. The first kappa shape index (κ1) is 10.6. The Labute approximate surface area is 83.1 Å².